The molecule has 2 aromatic carbocycles. The van der Waals surface area contributed by atoms with Gasteiger partial charge in [0.2, 0.25) is 5.91 Å². The van der Waals surface area contributed by atoms with E-state index in [0.717, 1.165) is 22.5 Å². The van der Waals surface area contributed by atoms with Crippen LogP contribution in [0, 0.1) is 0 Å². The summed E-state index contributed by atoms with van der Waals surface area (Å²) in [6, 6.07) is 24.4. The molecule has 6 heteroatoms. The zero-order valence-corrected chi connectivity index (χ0v) is 17.3. The van der Waals surface area contributed by atoms with Gasteiger partial charge in [0.15, 0.2) is 0 Å². The molecule has 0 saturated carbocycles. The van der Waals surface area contributed by atoms with Crippen molar-refractivity contribution in [1.82, 2.24) is 14.7 Å². The first kappa shape index (κ1) is 18.2. The van der Waals surface area contributed by atoms with Crippen LogP contribution in [0.3, 0.4) is 0 Å². The summed E-state index contributed by atoms with van der Waals surface area (Å²) in [5.74, 6) is 0.648. The van der Waals surface area contributed by atoms with E-state index in [4.69, 9.17) is 5.10 Å². The second kappa shape index (κ2) is 7.89. The van der Waals surface area contributed by atoms with Crippen molar-refractivity contribution in [1.29, 1.82) is 0 Å². The summed E-state index contributed by atoms with van der Waals surface area (Å²) in [4.78, 5) is 15.8. The number of amides is 1. The van der Waals surface area contributed by atoms with Crippen molar-refractivity contribution < 1.29 is 4.79 Å². The maximum Gasteiger partial charge on any atom is 0.234 e. The number of thiophene rings is 1. The fourth-order valence-corrected chi connectivity index (χ4v) is 5.45. The maximum atomic E-state index is 12.7. The fourth-order valence-electron chi connectivity index (χ4n) is 3.54. The Balaban J connectivity index is 1.56. The average Bonchev–Trinajstić information content (AvgIpc) is 3.50. The Morgan fingerprint density at radius 1 is 0.966 bits per heavy atom. The van der Waals surface area contributed by atoms with Crippen LogP contribution in [0.5, 0.6) is 0 Å². The van der Waals surface area contributed by atoms with Gasteiger partial charge in [-0.05, 0) is 29.1 Å². The Morgan fingerprint density at radius 3 is 2.45 bits per heavy atom. The SMILES string of the molecule is O=C1CS[C@@H](c2nn(-c3ccccc3)cc2-c2cccs2)N1Cc1ccccc1. The zero-order chi connectivity index (χ0) is 19.6. The van der Waals surface area contributed by atoms with Crippen LogP contribution in [-0.4, -0.2) is 26.3 Å². The first-order valence-electron chi connectivity index (χ1n) is 9.43. The smallest absolute Gasteiger partial charge is 0.234 e. The van der Waals surface area contributed by atoms with Crippen molar-refractivity contribution in [3.8, 4) is 16.1 Å². The number of hydrogen-bond donors (Lipinski definition) is 0. The van der Waals surface area contributed by atoms with Gasteiger partial charge in [-0.2, -0.15) is 5.10 Å². The molecule has 1 fully saturated rings. The van der Waals surface area contributed by atoms with Crippen LogP contribution in [0.1, 0.15) is 16.6 Å². The molecule has 5 rings (SSSR count). The Bertz CT molecular complexity index is 1110. The first-order chi connectivity index (χ1) is 14.3. The highest BCUT2D eigenvalue weighted by Gasteiger charge is 2.36. The van der Waals surface area contributed by atoms with Crippen molar-refractivity contribution in [3.05, 3.63) is 95.6 Å². The van der Waals surface area contributed by atoms with E-state index in [1.807, 2.05) is 58.1 Å². The van der Waals surface area contributed by atoms with E-state index in [1.165, 1.54) is 4.88 Å². The molecule has 29 heavy (non-hydrogen) atoms. The van der Waals surface area contributed by atoms with Crippen LogP contribution in [0.2, 0.25) is 0 Å². The number of para-hydroxylation sites is 1. The summed E-state index contributed by atoms with van der Waals surface area (Å²) >= 11 is 3.35. The van der Waals surface area contributed by atoms with E-state index in [0.29, 0.717) is 12.3 Å². The predicted octanol–water partition coefficient (Wildman–Crippen LogP) is 5.38. The van der Waals surface area contributed by atoms with Crippen LogP contribution in [-0.2, 0) is 11.3 Å². The van der Waals surface area contributed by atoms with Gasteiger partial charge in [-0.25, -0.2) is 4.68 Å². The first-order valence-corrected chi connectivity index (χ1v) is 11.4. The lowest BCUT2D eigenvalue weighted by molar-refractivity contribution is -0.128. The lowest BCUT2D eigenvalue weighted by atomic mass is 10.1. The summed E-state index contributed by atoms with van der Waals surface area (Å²) < 4.78 is 1.93. The number of hydrogen-bond acceptors (Lipinski definition) is 4. The van der Waals surface area contributed by atoms with Gasteiger partial charge in [0.1, 0.15) is 11.1 Å². The molecular weight excluding hydrogens is 398 g/mol. The van der Waals surface area contributed by atoms with Gasteiger partial charge in [-0.1, -0.05) is 54.6 Å². The summed E-state index contributed by atoms with van der Waals surface area (Å²) in [5.41, 5.74) is 4.19. The Morgan fingerprint density at radius 2 is 1.72 bits per heavy atom. The van der Waals surface area contributed by atoms with Crippen molar-refractivity contribution in [3.63, 3.8) is 0 Å². The van der Waals surface area contributed by atoms with E-state index in [9.17, 15) is 4.79 Å². The number of thioether (sulfide) groups is 1. The van der Waals surface area contributed by atoms with Crippen molar-refractivity contribution >= 4 is 29.0 Å². The molecule has 1 atom stereocenters. The number of nitrogens with zero attached hydrogens (tertiary/aromatic N) is 3. The van der Waals surface area contributed by atoms with Crippen LogP contribution >= 0.6 is 23.1 Å². The van der Waals surface area contributed by atoms with Crippen molar-refractivity contribution in [2.24, 2.45) is 0 Å². The van der Waals surface area contributed by atoms with Gasteiger partial charge in [0.05, 0.1) is 11.4 Å². The molecule has 0 spiro atoms. The monoisotopic (exact) mass is 417 g/mol. The largest absolute Gasteiger partial charge is 0.320 e. The lowest BCUT2D eigenvalue weighted by Gasteiger charge is -2.23. The Labute approximate surface area is 177 Å². The molecule has 4 nitrogen and oxygen atoms in total. The molecular formula is C23H19N3OS2. The van der Waals surface area contributed by atoms with Gasteiger partial charge in [-0.15, -0.1) is 23.1 Å². The minimum absolute atomic E-state index is 0.0928. The van der Waals surface area contributed by atoms with E-state index in [2.05, 4.69) is 35.8 Å². The third-order valence-electron chi connectivity index (χ3n) is 4.95. The molecule has 1 saturated heterocycles. The predicted molar refractivity (Wildman–Crippen MR) is 119 cm³/mol. The number of rotatable bonds is 5. The summed E-state index contributed by atoms with van der Waals surface area (Å²) in [5, 5.41) is 6.94. The number of carbonyl (C=O) groups is 1. The van der Waals surface area contributed by atoms with E-state index in [-0.39, 0.29) is 11.3 Å². The van der Waals surface area contributed by atoms with Crippen LogP contribution in [0.4, 0.5) is 0 Å². The minimum atomic E-state index is -0.0928. The molecule has 3 heterocycles. The summed E-state index contributed by atoms with van der Waals surface area (Å²) in [6.45, 7) is 0.597. The third kappa shape index (κ3) is 3.61. The Hall–Kier alpha value is -2.83. The number of aromatic nitrogens is 2. The highest BCUT2D eigenvalue weighted by Crippen LogP contribution is 2.43. The van der Waals surface area contributed by atoms with Gasteiger partial charge < -0.3 is 4.90 Å². The molecule has 144 valence electrons. The standard InChI is InChI=1S/C23H19N3OS2/c27-21-16-29-23(25(21)14-17-8-3-1-4-9-17)22-19(20-12-7-13-28-20)15-26(24-22)18-10-5-2-6-11-18/h1-13,15,23H,14,16H2/t23-/m0/s1. The van der Waals surface area contributed by atoms with Gasteiger partial charge in [0, 0.05) is 23.2 Å². The highest BCUT2D eigenvalue weighted by atomic mass is 32.2. The second-order valence-electron chi connectivity index (χ2n) is 6.86. The number of benzene rings is 2. The quantitative estimate of drug-likeness (QED) is 0.438. The number of carbonyl (C=O) groups excluding carboxylic acids is 1. The Kier molecular flexibility index (Phi) is 4.96. The van der Waals surface area contributed by atoms with Crippen LogP contribution in [0.15, 0.2) is 84.4 Å². The molecule has 0 bridgehead atoms. The normalized spacial score (nSPS) is 16.5. The lowest BCUT2D eigenvalue weighted by Crippen LogP contribution is -2.28. The van der Waals surface area contributed by atoms with E-state index < -0.39 is 0 Å². The van der Waals surface area contributed by atoms with Crippen molar-refractivity contribution in [2.45, 2.75) is 11.9 Å². The van der Waals surface area contributed by atoms with Crippen LogP contribution in [0.25, 0.3) is 16.1 Å². The average molecular weight is 418 g/mol. The zero-order valence-electron chi connectivity index (χ0n) is 15.6. The fraction of sp³-hybridized carbons (Fsp3) is 0.130. The molecule has 2 aromatic heterocycles. The molecule has 1 amide bonds. The van der Waals surface area contributed by atoms with E-state index in [1.54, 1.807) is 23.1 Å². The van der Waals surface area contributed by atoms with Gasteiger partial charge >= 0.3 is 0 Å². The van der Waals surface area contributed by atoms with Crippen LogP contribution < -0.4 is 0 Å². The maximum absolute atomic E-state index is 12.7. The third-order valence-corrected chi connectivity index (χ3v) is 7.06. The van der Waals surface area contributed by atoms with E-state index >= 15 is 0 Å². The minimum Gasteiger partial charge on any atom is -0.320 e. The molecule has 0 radical (unpaired) electrons. The summed E-state index contributed by atoms with van der Waals surface area (Å²) in [6.07, 6.45) is 2.08. The van der Waals surface area contributed by atoms with Gasteiger partial charge in [-0.3, -0.25) is 4.79 Å². The molecule has 4 aromatic rings. The van der Waals surface area contributed by atoms with Gasteiger partial charge in [0.25, 0.3) is 0 Å². The van der Waals surface area contributed by atoms with Crippen molar-refractivity contribution in [2.75, 3.05) is 5.75 Å². The second-order valence-corrected chi connectivity index (χ2v) is 8.87. The summed E-state index contributed by atoms with van der Waals surface area (Å²) in [7, 11) is 0. The molecule has 1 aliphatic rings. The topological polar surface area (TPSA) is 38.1 Å². The molecule has 0 N–H and O–H groups in total. The molecule has 1 aliphatic heterocycles. The highest BCUT2D eigenvalue weighted by molar-refractivity contribution is 8.00. The molecule has 0 aliphatic carbocycles. The molecule has 0 unspecified atom stereocenters.